The van der Waals surface area contributed by atoms with Crippen LogP contribution in [-0.4, -0.2) is 42.7 Å². The van der Waals surface area contributed by atoms with Gasteiger partial charge >= 0.3 is 5.97 Å². The fraction of sp³-hybridized carbons (Fsp3) is 0.533. The molecule has 1 atom stereocenters. The van der Waals surface area contributed by atoms with E-state index in [1.807, 2.05) is 18.9 Å². The number of rotatable bonds is 6. The molecule has 0 fully saturated rings. The number of aliphatic carboxylic acids is 1. The van der Waals surface area contributed by atoms with Gasteiger partial charge in [0.2, 0.25) is 0 Å². The Balaban J connectivity index is 2.80. The molecule has 4 heteroatoms. The van der Waals surface area contributed by atoms with Crippen molar-refractivity contribution in [2.24, 2.45) is 0 Å². The third-order valence-electron chi connectivity index (χ3n) is 3.45. The van der Waals surface area contributed by atoms with E-state index in [4.69, 9.17) is 9.84 Å². The van der Waals surface area contributed by atoms with E-state index in [9.17, 15) is 4.79 Å². The van der Waals surface area contributed by atoms with Crippen LogP contribution >= 0.6 is 0 Å². The number of benzene rings is 1. The third kappa shape index (κ3) is 3.96. The second-order valence-corrected chi connectivity index (χ2v) is 5.02. The number of methoxy groups -OCH3 is 1. The summed E-state index contributed by atoms with van der Waals surface area (Å²) < 4.78 is 5.44. The van der Waals surface area contributed by atoms with Crippen LogP contribution in [0.5, 0.6) is 5.75 Å². The van der Waals surface area contributed by atoms with E-state index < -0.39 is 12.0 Å². The van der Waals surface area contributed by atoms with Crippen LogP contribution in [0, 0.1) is 13.8 Å². The molecule has 1 rings (SSSR count). The molecule has 0 aliphatic rings. The maximum atomic E-state index is 10.9. The van der Waals surface area contributed by atoms with Gasteiger partial charge in [0.1, 0.15) is 11.8 Å². The fourth-order valence-electron chi connectivity index (χ4n) is 2.20. The second-order valence-electron chi connectivity index (χ2n) is 5.02. The van der Waals surface area contributed by atoms with Gasteiger partial charge in [-0.25, -0.2) is 0 Å². The van der Waals surface area contributed by atoms with Crippen LogP contribution in [0.2, 0.25) is 0 Å². The Morgan fingerprint density at radius 2 is 2.05 bits per heavy atom. The van der Waals surface area contributed by atoms with Crippen molar-refractivity contribution in [3.63, 3.8) is 0 Å². The summed E-state index contributed by atoms with van der Waals surface area (Å²) in [7, 11) is 3.50. The Hall–Kier alpha value is -1.55. The molecular weight excluding hydrogens is 242 g/mol. The van der Waals surface area contributed by atoms with Crippen molar-refractivity contribution in [1.82, 2.24) is 4.90 Å². The molecule has 1 N–H and O–H groups in total. The lowest BCUT2D eigenvalue weighted by Crippen LogP contribution is -2.37. The van der Waals surface area contributed by atoms with Crippen molar-refractivity contribution >= 4 is 5.97 Å². The summed E-state index contributed by atoms with van der Waals surface area (Å²) in [6, 6.07) is 3.72. The van der Waals surface area contributed by atoms with E-state index in [1.165, 1.54) is 5.56 Å². The minimum Gasteiger partial charge on any atom is -0.496 e. The smallest absolute Gasteiger partial charge is 0.320 e. The zero-order valence-electron chi connectivity index (χ0n) is 12.4. The number of carboxylic acid groups (broad SMARTS) is 1. The van der Waals surface area contributed by atoms with Crippen molar-refractivity contribution < 1.29 is 14.6 Å². The Kier molecular flexibility index (Phi) is 5.36. The minimum atomic E-state index is -0.796. The van der Waals surface area contributed by atoms with Crippen molar-refractivity contribution in [1.29, 1.82) is 0 Å². The van der Waals surface area contributed by atoms with Gasteiger partial charge in [0.25, 0.3) is 0 Å². The first-order valence-electron chi connectivity index (χ1n) is 6.44. The Morgan fingerprint density at radius 1 is 1.42 bits per heavy atom. The van der Waals surface area contributed by atoms with Crippen LogP contribution in [0.1, 0.15) is 23.6 Å². The molecule has 0 aliphatic carbocycles. The number of likely N-dealkylation sites (N-methyl/N-ethyl adjacent to an activating group) is 1. The summed E-state index contributed by atoms with van der Waals surface area (Å²) in [6.07, 6.45) is 0.778. The zero-order chi connectivity index (χ0) is 14.6. The van der Waals surface area contributed by atoms with E-state index in [1.54, 1.807) is 14.0 Å². The predicted molar refractivity (Wildman–Crippen MR) is 75.9 cm³/mol. The summed E-state index contributed by atoms with van der Waals surface area (Å²) >= 11 is 0. The van der Waals surface area contributed by atoms with Crippen LogP contribution in [0.4, 0.5) is 0 Å². The molecular formula is C15H23NO3. The molecule has 0 saturated carbocycles. The first-order valence-corrected chi connectivity index (χ1v) is 6.44. The molecule has 1 aromatic rings. The number of ether oxygens (including phenoxy) is 1. The van der Waals surface area contributed by atoms with Gasteiger partial charge in [-0.3, -0.25) is 9.69 Å². The molecule has 1 aromatic carbocycles. The number of carbonyl (C=O) groups is 1. The van der Waals surface area contributed by atoms with Crippen LogP contribution in [-0.2, 0) is 11.2 Å². The van der Waals surface area contributed by atoms with E-state index in [0.717, 1.165) is 23.3 Å². The Labute approximate surface area is 115 Å². The van der Waals surface area contributed by atoms with Crippen molar-refractivity contribution in [3.8, 4) is 5.75 Å². The van der Waals surface area contributed by atoms with Gasteiger partial charge in [0, 0.05) is 6.54 Å². The van der Waals surface area contributed by atoms with Crippen LogP contribution in [0.15, 0.2) is 12.1 Å². The van der Waals surface area contributed by atoms with E-state index in [-0.39, 0.29) is 0 Å². The van der Waals surface area contributed by atoms with Crippen molar-refractivity contribution in [3.05, 3.63) is 28.8 Å². The highest BCUT2D eigenvalue weighted by atomic mass is 16.5. The van der Waals surface area contributed by atoms with Gasteiger partial charge in [0.15, 0.2) is 0 Å². The Bertz CT molecular complexity index is 457. The Morgan fingerprint density at radius 3 is 2.58 bits per heavy atom. The van der Waals surface area contributed by atoms with Crippen LogP contribution < -0.4 is 4.74 Å². The zero-order valence-corrected chi connectivity index (χ0v) is 12.4. The molecule has 0 aliphatic heterocycles. The molecule has 1 unspecified atom stereocenters. The molecule has 0 bridgehead atoms. The van der Waals surface area contributed by atoms with Gasteiger partial charge in [-0.1, -0.05) is 17.7 Å². The maximum absolute atomic E-state index is 10.9. The van der Waals surface area contributed by atoms with Crippen LogP contribution in [0.3, 0.4) is 0 Å². The number of carboxylic acids is 1. The fourth-order valence-corrected chi connectivity index (χ4v) is 2.20. The SMILES string of the molecule is COc1c(C)cc(C)cc1CCN(C)C(C)C(=O)O. The standard InChI is InChI=1S/C15H23NO3/c1-10-8-11(2)14(19-5)13(9-10)6-7-16(4)12(3)15(17)18/h8-9,12H,6-7H2,1-5H3,(H,17,18). The van der Waals surface area contributed by atoms with Crippen LogP contribution in [0.25, 0.3) is 0 Å². The molecule has 0 spiro atoms. The number of hydrogen-bond acceptors (Lipinski definition) is 3. The highest BCUT2D eigenvalue weighted by Gasteiger charge is 2.17. The third-order valence-corrected chi connectivity index (χ3v) is 3.45. The largest absolute Gasteiger partial charge is 0.496 e. The lowest BCUT2D eigenvalue weighted by atomic mass is 10.0. The van der Waals surface area contributed by atoms with Gasteiger partial charge in [-0.05, 0) is 45.4 Å². The topological polar surface area (TPSA) is 49.8 Å². The molecule has 0 heterocycles. The van der Waals surface area contributed by atoms with Gasteiger partial charge in [-0.2, -0.15) is 0 Å². The highest BCUT2D eigenvalue weighted by Crippen LogP contribution is 2.25. The second kappa shape index (κ2) is 6.57. The average Bonchev–Trinajstić information content (AvgIpc) is 2.34. The maximum Gasteiger partial charge on any atom is 0.320 e. The summed E-state index contributed by atoms with van der Waals surface area (Å²) in [5.41, 5.74) is 3.44. The van der Waals surface area contributed by atoms with E-state index >= 15 is 0 Å². The first-order chi connectivity index (χ1) is 8.86. The predicted octanol–water partition coefficient (Wildman–Crippen LogP) is 2.26. The summed E-state index contributed by atoms with van der Waals surface area (Å²) in [5.74, 6) is 0.108. The average molecular weight is 265 g/mol. The number of aryl methyl sites for hydroxylation is 2. The minimum absolute atomic E-state index is 0.475. The quantitative estimate of drug-likeness (QED) is 0.857. The van der Waals surface area contributed by atoms with Gasteiger partial charge in [-0.15, -0.1) is 0 Å². The van der Waals surface area contributed by atoms with Crippen molar-refractivity contribution in [2.45, 2.75) is 33.2 Å². The van der Waals surface area contributed by atoms with Gasteiger partial charge in [0.05, 0.1) is 7.11 Å². The molecule has 106 valence electrons. The normalized spacial score (nSPS) is 12.5. The summed E-state index contributed by atoms with van der Waals surface area (Å²) in [6.45, 7) is 6.46. The number of hydrogen-bond donors (Lipinski definition) is 1. The monoisotopic (exact) mass is 265 g/mol. The van der Waals surface area contributed by atoms with Gasteiger partial charge < -0.3 is 9.84 Å². The summed E-state index contributed by atoms with van der Waals surface area (Å²) in [4.78, 5) is 12.7. The molecule has 19 heavy (non-hydrogen) atoms. The highest BCUT2D eigenvalue weighted by molar-refractivity contribution is 5.72. The summed E-state index contributed by atoms with van der Waals surface area (Å²) in [5, 5.41) is 8.97. The van der Waals surface area contributed by atoms with Crippen molar-refractivity contribution in [2.75, 3.05) is 20.7 Å². The first kappa shape index (κ1) is 15.5. The molecule has 0 saturated heterocycles. The number of nitrogens with zero attached hydrogens (tertiary/aromatic N) is 1. The lowest BCUT2D eigenvalue weighted by Gasteiger charge is -2.22. The van der Waals surface area contributed by atoms with E-state index in [2.05, 4.69) is 19.1 Å². The lowest BCUT2D eigenvalue weighted by molar-refractivity contribution is -0.142. The van der Waals surface area contributed by atoms with E-state index in [0.29, 0.717) is 6.54 Å². The molecule has 0 radical (unpaired) electrons. The molecule has 0 amide bonds. The molecule has 0 aromatic heterocycles. The molecule has 4 nitrogen and oxygen atoms in total.